The molecule has 1 heterocycles. The number of carbonyl (C=O) groups excluding carboxylic acids is 2. The molecule has 4 atom stereocenters. The Balaban J connectivity index is 2.66. The van der Waals surface area contributed by atoms with Gasteiger partial charge in [-0.05, 0) is 67.8 Å². The zero-order chi connectivity index (χ0) is 30.8. The van der Waals surface area contributed by atoms with E-state index in [-0.39, 0.29) is 27.9 Å². The first kappa shape index (κ1) is 34.5. The third-order valence-corrected chi connectivity index (χ3v) is 18.1. The predicted octanol–water partition coefficient (Wildman–Crippen LogP) is 6.66. The highest BCUT2D eigenvalue weighted by atomic mass is 28.4. The highest BCUT2D eigenvalue weighted by Crippen LogP contribution is 2.43. The highest BCUT2D eigenvalue weighted by molar-refractivity contribution is 6.74. The third kappa shape index (κ3) is 7.98. The molecule has 2 amide bonds. The van der Waals surface area contributed by atoms with E-state index in [0.717, 1.165) is 18.5 Å². The maximum absolute atomic E-state index is 14.2. The van der Waals surface area contributed by atoms with Crippen molar-refractivity contribution in [1.29, 1.82) is 0 Å². The summed E-state index contributed by atoms with van der Waals surface area (Å²) in [6.07, 6.45) is 0.889. The molecular weight excluding hydrogens is 535 g/mol. The summed E-state index contributed by atoms with van der Waals surface area (Å²) in [6.45, 7) is 26.5. The lowest BCUT2D eigenvalue weighted by Gasteiger charge is -2.43. The second-order valence-corrected chi connectivity index (χ2v) is 24.3. The number of rotatable bonds is 10. The van der Waals surface area contributed by atoms with Crippen LogP contribution in [0.15, 0.2) is 24.3 Å². The Kier molecular flexibility index (Phi) is 10.9. The Morgan fingerprint density at radius 3 is 2.08 bits per heavy atom. The van der Waals surface area contributed by atoms with Crippen LogP contribution in [-0.4, -0.2) is 78.3 Å². The Hall–Kier alpha value is -1.69. The lowest BCUT2D eigenvalue weighted by Crippen LogP contribution is -2.57. The minimum Gasteiger partial charge on any atom is -0.409 e. The van der Waals surface area contributed by atoms with E-state index in [2.05, 4.69) is 80.0 Å². The molecule has 1 aliphatic heterocycles. The van der Waals surface area contributed by atoms with Crippen LogP contribution < -0.4 is 10.2 Å². The fraction of sp³-hybridized carbons (Fsp3) is 0.742. The van der Waals surface area contributed by atoms with Crippen molar-refractivity contribution in [2.24, 2.45) is 0 Å². The molecule has 0 aromatic heterocycles. The van der Waals surface area contributed by atoms with Gasteiger partial charge in [-0.3, -0.25) is 9.59 Å². The zero-order valence-electron chi connectivity index (χ0n) is 27.8. The van der Waals surface area contributed by atoms with Gasteiger partial charge in [-0.1, -0.05) is 61.0 Å². The maximum atomic E-state index is 14.2. The molecular formula is C31H57N3O4Si2. The van der Waals surface area contributed by atoms with Crippen LogP contribution in [0, 0.1) is 0 Å². The summed E-state index contributed by atoms with van der Waals surface area (Å²) in [5.41, 5.74) is 1.50. The number of nitrogens with zero attached hydrogens (tertiary/aromatic N) is 2. The number of benzene rings is 1. The summed E-state index contributed by atoms with van der Waals surface area (Å²) in [7, 11) is -0.672. The van der Waals surface area contributed by atoms with Gasteiger partial charge in [0.25, 0.3) is 5.91 Å². The van der Waals surface area contributed by atoms with Gasteiger partial charge in [-0.25, -0.2) is 0 Å². The normalized spacial score (nSPS) is 21.4. The van der Waals surface area contributed by atoms with E-state index in [9.17, 15) is 9.59 Å². The Bertz CT molecular complexity index is 1030. The molecule has 1 fully saturated rings. The smallest absolute Gasteiger partial charge is 0.254 e. The van der Waals surface area contributed by atoms with Gasteiger partial charge in [-0.2, -0.15) is 0 Å². The van der Waals surface area contributed by atoms with Crippen molar-refractivity contribution in [1.82, 2.24) is 10.2 Å². The van der Waals surface area contributed by atoms with Crippen molar-refractivity contribution in [3.8, 4) is 0 Å². The van der Waals surface area contributed by atoms with Gasteiger partial charge in [0, 0.05) is 37.9 Å². The van der Waals surface area contributed by atoms with E-state index in [1.165, 1.54) is 0 Å². The fourth-order valence-electron chi connectivity index (χ4n) is 4.53. The third-order valence-electron chi connectivity index (χ3n) is 9.13. The van der Waals surface area contributed by atoms with Crippen LogP contribution in [0.5, 0.6) is 0 Å². The number of anilines is 1. The fourth-order valence-corrected chi connectivity index (χ4v) is 7.16. The van der Waals surface area contributed by atoms with Gasteiger partial charge in [0.2, 0.25) is 5.91 Å². The van der Waals surface area contributed by atoms with E-state index in [1.54, 1.807) is 4.90 Å². The van der Waals surface area contributed by atoms with E-state index in [4.69, 9.17) is 8.85 Å². The monoisotopic (exact) mass is 591 g/mol. The molecule has 0 spiro atoms. The summed E-state index contributed by atoms with van der Waals surface area (Å²) in [5, 5.41) is 3.11. The lowest BCUT2D eigenvalue weighted by atomic mass is 10.1. The minimum absolute atomic E-state index is 0.000372. The molecule has 1 aromatic carbocycles. The van der Waals surface area contributed by atoms with Gasteiger partial charge >= 0.3 is 0 Å². The molecule has 0 radical (unpaired) electrons. The number of hydrogen-bond acceptors (Lipinski definition) is 5. The van der Waals surface area contributed by atoms with Crippen molar-refractivity contribution in [3.63, 3.8) is 0 Å². The molecule has 2 rings (SSSR count). The maximum Gasteiger partial charge on any atom is 0.254 e. The topological polar surface area (TPSA) is 71.1 Å². The molecule has 7 nitrogen and oxygen atoms in total. The van der Waals surface area contributed by atoms with Gasteiger partial charge < -0.3 is 24.0 Å². The largest absolute Gasteiger partial charge is 0.409 e. The second-order valence-electron chi connectivity index (χ2n) is 14.8. The van der Waals surface area contributed by atoms with Crippen molar-refractivity contribution in [2.45, 2.75) is 129 Å². The molecule has 0 bridgehead atoms. The number of amides is 2. The highest BCUT2D eigenvalue weighted by Gasteiger charge is 2.55. The van der Waals surface area contributed by atoms with Gasteiger partial charge in [0.05, 0.1) is 6.10 Å². The summed E-state index contributed by atoms with van der Waals surface area (Å²) in [4.78, 5) is 32.0. The summed E-state index contributed by atoms with van der Waals surface area (Å²) < 4.78 is 14.1. The SMILES string of the molecule is CCCC(C)NC(=O)C1[C@H](O[Si](C)(C)C(C)(C)C)[C@@H](O[Si](C)(C)C(C)(C)C)CN1C(=O)c1cccc(N(C)C)c1. The van der Waals surface area contributed by atoms with E-state index >= 15 is 0 Å². The quantitative estimate of drug-likeness (QED) is 0.308. The molecule has 0 aliphatic carbocycles. The minimum atomic E-state index is -2.33. The number of nitrogens with one attached hydrogen (secondary N) is 1. The van der Waals surface area contributed by atoms with Gasteiger partial charge in [-0.15, -0.1) is 0 Å². The van der Waals surface area contributed by atoms with E-state index in [1.807, 2.05) is 50.2 Å². The first-order chi connectivity index (χ1) is 18.1. The van der Waals surface area contributed by atoms with Crippen molar-refractivity contribution >= 4 is 34.1 Å². The average molecular weight is 592 g/mol. The molecule has 1 N–H and O–H groups in total. The van der Waals surface area contributed by atoms with Crippen LogP contribution in [0.4, 0.5) is 5.69 Å². The predicted molar refractivity (Wildman–Crippen MR) is 172 cm³/mol. The Morgan fingerprint density at radius 1 is 1.02 bits per heavy atom. The molecule has 0 saturated carbocycles. The first-order valence-electron chi connectivity index (χ1n) is 14.9. The van der Waals surface area contributed by atoms with Crippen molar-refractivity contribution < 1.29 is 18.4 Å². The van der Waals surface area contributed by atoms with Crippen LogP contribution >= 0.6 is 0 Å². The van der Waals surface area contributed by atoms with Crippen molar-refractivity contribution in [3.05, 3.63) is 29.8 Å². The number of carbonyl (C=O) groups is 2. The van der Waals surface area contributed by atoms with Crippen LogP contribution in [0.2, 0.25) is 36.3 Å². The summed E-state index contributed by atoms with van der Waals surface area (Å²) in [6, 6.07) is 6.81. The Labute approximate surface area is 246 Å². The van der Waals surface area contributed by atoms with Crippen molar-refractivity contribution in [2.75, 3.05) is 25.5 Å². The second kappa shape index (κ2) is 12.7. The summed E-state index contributed by atoms with van der Waals surface area (Å²) >= 11 is 0. The molecule has 1 aliphatic rings. The first-order valence-corrected chi connectivity index (χ1v) is 20.7. The molecule has 40 heavy (non-hydrogen) atoms. The zero-order valence-corrected chi connectivity index (χ0v) is 29.8. The van der Waals surface area contributed by atoms with Crippen LogP contribution in [0.3, 0.4) is 0 Å². The summed E-state index contributed by atoms with van der Waals surface area (Å²) in [5.74, 6) is -0.333. The molecule has 2 unspecified atom stereocenters. The van der Waals surface area contributed by atoms with Crippen LogP contribution in [0.1, 0.15) is 78.6 Å². The lowest BCUT2D eigenvalue weighted by molar-refractivity contribution is -0.128. The van der Waals surface area contributed by atoms with Gasteiger partial charge in [0.15, 0.2) is 16.6 Å². The number of likely N-dealkylation sites (tertiary alicyclic amines) is 1. The Morgan fingerprint density at radius 2 is 1.57 bits per heavy atom. The van der Waals surface area contributed by atoms with E-state index in [0.29, 0.717) is 12.1 Å². The van der Waals surface area contributed by atoms with Gasteiger partial charge in [0.1, 0.15) is 12.1 Å². The standard InChI is InChI=1S/C31H57N3O4Si2/c1-15-17-22(2)32-28(35)26-27(38-40(13,14)31(6,7)8)25(37-39(11,12)30(3,4)5)21-34(26)29(36)23-18-16-19-24(20-23)33(9)10/h16,18-20,22,25-27H,15,17,21H2,1-14H3,(H,32,35)/t22?,25-,26?,27+/m0/s1. The van der Waals surface area contributed by atoms with Crippen LogP contribution in [0.25, 0.3) is 0 Å². The van der Waals surface area contributed by atoms with E-state index < -0.39 is 34.9 Å². The number of hydrogen-bond donors (Lipinski definition) is 1. The molecule has 1 saturated heterocycles. The molecule has 228 valence electrons. The molecule has 9 heteroatoms. The average Bonchev–Trinajstić information content (AvgIpc) is 3.13. The van der Waals surface area contributed by atoms with Crippen LogP contribution in [-0.2, 0) is 13.6 Å². The molecule has 1 aromatic rings.